The molecule has 3 amide bonds. The third kappa shape index (κ3) is 13.8. The van der Waals surface area contributed by atoms with Gasteiger partial charge in [0.25, 0.3) is 5.91 Å². The summed E-state index contributed by atoms with van der Waals surface area (Å²) in [6.45, 7) is 0.107. The average molecular weight is 643 g/mol. The molecule has 253 valence electrons. The standard InChI is InChI=1S/C28H44N5O12/c1-45-28(44)18(7-2-4-12-29)32-25(40)19(14-15-8-10-16(34)11-9-15)33-24(39)17(30)6-3-5-13-31-26(41)22(37)20(35)21(36)23(38)27(42)43/h8-11,17-23,29,34-38H,2-7,12-14,30H2,1H3,(H,31,41)(H,32,40)(H,33,39)(H,42,43)/t17-,18-,19?,20?,21?,22?,23?/m0/s1. The molecule has 17 nitrogen and oxygen atoms in total. The lowest BCUT2D eigenvalue weighted by molar-refractivity contribution is -0.166. The molecule has 5 unspecified atom stereocenters. The number of aromatic hydroxyl groups is 1. The Balaban J connectivity index is 2.73. The number of carboxylic acid groups (broad SMARTS) is 1. The highest BCUT2D eigenvalue weighted by molar-refractivity contribution is 5.92. The van der Waals surface area contributed by atoms with Crippen molar-refractivity contribution in [3.63, 3.8) is 0 Å². The molecule has 0 bridgehead atoms. The zero-order valence-corrected chi connectivity index (χ0v) is 24.9. The van der Waals surface area contributed by atoms with Crippen molar-refractivity contribution in [2.75, 3.05) is 20.2 Å². The first-order chi connectivity index (χ1) is 21.2. The third-order valence-electron chi connectivity index (χ3n) is 6.83. The van der Waals surface area contributed by atoms with E-state index in [9.17, 15) is 49.5 Å². The number of rotatable bonds is 21. The van der Waals surface area contributed by atoms with E-state index in [4.69, 9.17) is 21.3 Å². The number of phenols is 1. The van der Waals surface area contributed by atoms with Crippen LogP contribution in [0.1, 0.15) is 44.1 Å². The normalized spacial score (nSPS) is 15.8. The van der Waals surface area contributed by atoms with Gasteiger partial charge in [0.15, 0.2) is 12.2 Å². The summed E-state index contributed by atoms with van der Waals surface area (Å²) in [5.74, 6) is -5.01. The van der Waals surface area contributed by atoms with E-state index in [1.807, 2.05) is 0 Å². The van der Waals surface area contributed by atoms with E-state index in [1.165, 1.54) is 19.2 Å². The van der Waals surface area contributed by atoms with Gasteiger partial charge in [0, 0.05) is 19.5 Å². The van der Waals surface area contributed by atoms with Gasteiger partial charge in [0.2, 0.25) is 11.8 Å². The molecule has 0 aromatic heterocycles. The lowest BCUT2D eigenvalue weighted by atomic mass is 10.0. The Morgan fingerprint density at radius 1 is 0.822 bits per heavy atom. The number of nitrogens with one attached hydrogen (secondary N) is 4. The second kappa shape index (κ2) is 20.2. The number of aliphatic hydroxyl groups excluding tert-OH is 4. The van der Waals surface area contributed by atoms with Crippen LogP contribution in [-0.2, 0) is 35.1 Å². The summed E-state index contributed by atoms with van der Waals surface area (Å²) in [5.41, 5.74) is 13.9. The summed E-state index contributed by atoms with van der Waals surface area (Å²) < 4.78 is 4.78. The first-order valence-electron chi connectivity index (χ1n) is 14.3. The number of phenolic OH excluding ortho intramolecular Hbond substituents is 1. The molecule has 0 fully saturated rings. The molecule has 1 aromatic rings. The van der Waals surface area contributed by atoms with Crippen LogP contribution in [0.2, 0.25) is 0 Å². The highest BCUT2D eigenvalue weighted by Crippen LogP contribution is 2.13. The number of carbonyl (C=O) groups excluding carboxylic acids is 4. The van der Waals surface area contributed by atoms with Gasteiger partial charge < -0.3 is 57.1 Å². The number of hydrogen-bond donors (Lipinski definition) is 10. The Labute approximate surface area is 259 Å². The maximum absolute atomic E-state index is 13.2. The van der Waals surface area contributed by atoms with Crippen molar-refractivity contribution >= 4 is 29.7 Å². The number of methoxy groups -OCH3 is 1. The van der Waals surface area contributed by atoms with E-state index in [0.717, 1.165) is 0 Å². The molecule has 1 radical (unpaired) electrons. The Morgan fingerprint density at radius 3 is 1.98 bits per heavy atom. The number of hydrogen-bond acceptors (Lipinski definition) is 12. The SMILES string of the molecule is COC(=O)[C@H](CCCC[NH])NC(=O)C(Cc1ccc(O)cc1)NC(=O)[C@@H](N)CCCCNC(=O)C(O)C(O)C(O)C(O)C(=O)O. The summed E-state index contributed by atoms with van der Waals surface area (Å²) in [5, 5.41) is 64.1. The summed E-state index contributed by atoms with van der Waals surface area (Å²) >= 11 is 0. The molecule has 1 rings (SSSR count). The van der Waals surface area contributed by atoms with Gasteiger partial charge in [0.05, 0.1) is 13.2 Å². The topological polar surface area (TPSA) is 302 Å². The fourth-order valence-electron chi connectivity index (χ4n) is 4.10. The Kier molecular flexibility index (Phi) is 17.6. The van der Waals surface area contributed by atoms with Crippen molar-refractivity contribution in [3.8, 4) is 5.75 Å². The summed E-state index contributed by atoms with van der Waals surface area (Å²) in [7, 11) is 1.18. The summed E-state index contributed by atoms with van der Waals surface area (Å²) in [6, 6.07) is 2.72. The summed E-state index contributed by atoms with van der Waals surface area (Å²) in [4.78, 5) is 61.1. The number of unbranched alkanes of at least 4 members (excludes halogenated alkanes) is 2. The number of nitrogens with two attached hydrogens (primary N) is 1. The maximum atomic E-state index is 13.2. The highest BCUT2D eigenvalue weighted by atomic mass is 16.5. The van der Waals surface area contributed by atoms with Crippen molar-refractivity contribution in [2.45, 2.75) is 87.5 Å². The van der Waals surface area contributed by atoms with Crippen LogP contribution in [0.15, 0.2) is 24.3 Å². The van der Waals surface area contributed by atoms with Gasteiger partial charge in [-0.3, -0.25) is 20.1 Å². The smallest absolute Gasteiger partial charge is 0.335 e. The number of carboxylic acids is 1. The Hall–Kier alpha value is -3.87. The third-order valence-corrected chi connectivity index (χ3v) is 6.83. The molecule has 17 heteroatoms. The first kappa shape index (κ1) is 39.2. The molecule has 0 aliphatic heterocycles. The van der Waals surface area contributed by atoms with Gasteiger partial charge in [0.1, 0.15) is 30.0 Å². The summed E-state index contributed by atoms with van der Waals surface area (Å²) in [6.07, 6.45) is -7.34. The van der Waals surface area contributed by atoms with E-state index in [0.29, 0.717) is 24.8 Å². The van der Waals surface area contributed by atoms with Gasteiger partial charge in [-0.05, 0) is 56.2 Å². The predicted octanol–water partition coefficient (Wildman–Crippen LogP) is -3.33. The van der Waals surface area contributed by atoms with E-state index < -0.39 is 72.2 Å². The number of carbonyl (C=O) groups is 5. The zero-order valence-electron chi connectivity index (χ0n) is 24.9. The number of esters is 1. The van der Waals surface area contributed by atoms with Gasteiger partial charge in [-0.2, -0.15) is 0 Å². The van der Waals surface area contributed by atoms with E-state index in [-0.39, 0.29) is 44.5 Å². The minimum atomic E-state index is -2.42. The molecule has 45 heavy (non-hydrogen) atoms. The molecule has 7 atom stereocenters. The van der Waals surface area contributed by atoms with E-state index in [2.05, 4.69) is 16.0 Å². The number of ether oxygens (including phenoxy) is 1. The molecule has 0 saturated heterocycles. The van der Waals surface area contributed by atoms with Crippen LogP contribution in [0, 0.1) is 0 Å². The maximum Gasteiger partial charge on any atom is 0.335 e. The average Bonchev–Trinajstić information content (AvgIpc) is 3.02. The van der Waals surface area contributed by atoms with Gasteiger partial charge in [-0.25, -0.2) is 9.59 Å². The lowest BCUT2D eigenvalue weighted by Crippen LogP contribution is -2.55. The van der Waals surface area contributed by atoms with Gasteiger partial charge in [-0.15, -0.1) is 0 Å². The van der Waals surface area contributed by atoms with Crippen LogP contribution in [-0.4, -0.2) is 123 Å². The molecule has 0 aliphatic carbocycles. The first-order valence-corrected chi connectivity index (χ1v) is 14.3. The van der Waals surface area contributed by atoms with E-state index in [1.54, 1.807) is 12.1 Å². The highest BCUT2D eigenvalue weighted by Gasteiger charge is 2.37. The van der Waals surface area contributed by atoms with Gasteiger partial charge in [-0.1, -0.05) is 12.1 Å². The second-order valence-corrected chi connectivity index (χ2v) is 10.4. The molecular formula is C28H44N5O12. The largest absolute Gasteiger partial charge is 0.508 e. The Bertz CT molecular complexity index is 1110. The van der Waals surface area contributed by atoms with Crippen molar-refractivity contribution in [1.82, 2.24) is 21.7 Å². The molecule has 0 spiro atoms. The zero-order chi connectivity index (χ0) is 34.1. The molecule has 0 heterocycles. The molecule has 0 aliphatic rings. The van der Waals surface area contributed by atoms with Crippen LogP contribution in [0.25, 0.3) is 0 Å². The minimum absolute atomic E-state index is 0.00223. The van der Waals surface area contributed by atoms with Crippen molar-refractivity contribution in [3.05, 3.63) is 29.8 Å². The monoisotopic (exact) mass is 642 g/mol. The van der Waals surface area contributed by atoms with E-state index >= 15 is 0 Å². The number of aliphatic hydroxyl groups is 4. The van der Waals surface area contributed by atoms with Gasteiger partial charge >= 0.3 is 11.9 Å². The molecule has 0 saturated carbocycles. The minimum Gasteiger partial charge on any atom is -0.508 e. The van der Waals surface area contributed by atoms with Crippen LogP contribution in [0.3, 0.4) is 0 Å². The number of benzene rings is 1. The van der Waals surface area contributed by atoms with Crippen LogP contribution in [0.5, 0.6) is 5.75 Å². The lowest BCUT2D eigenvalue weighted by Gasteiger charge is -2.24. The van der Waals surface area contributed by atoms with Crippen molar-refractivity contribution in [1.29, 1.82) is 0 Å². The molecule has 12 N–H and O–H groups in total. The fraction of sp³-hybridized carbons (Fsp3) is 0.607. The van der Waals surface area contributed by atoms with Crippen molar-refractivity contribution < 1.29 is 59.3 Å². The number of aliphatic carboxylic acids is 1. The van der Waals surface area contributed by atoms with Crippen LogP contribution >= 0.6 is 0 Å². The molecule has 1 aromatic carbocycles. The number of amides is 3. The van der Waals surface area contributed by atoms with Crippen LogP contribution in [0.4, 0.5) is 0 Å². The second-order valence-electron chi connectivity index (χ2n) is 10.4. The predicted molar refractivity (Wildman–Crippen MR) is 156 cm³/mol. The fourth-order valence-corrected chi connectivity index (χ4v) is 4.10. The van der Waals surface area contributed by atoms with Crippen molar-refractivity contribution in [2.24, 2.45) is 5.73 Å². The Morgan fingerprint density at radius 2 is 1.40 bits per heavy atom. The quantitative estimate of drug-likeness (QED) is 0.0464. The van der Waals surface area contributed by atoms with Crippen LogP contribution < -0.4 is 27.4 Å². The molecular weight excluding hydrogens is 598 g/mol.